The molecule has 94 valence electrons. The largest absolute Gasteiger partial charge is 0.355 e. The fraction of sp³-hybridized carbons (Fsp3) is 0.917. The van der Waals surface area contributed by atoms with Crippen LogP contribution < -0.4 is 11.1 Å². The van der Waals surface area contributed by atoms with Crippen molar-refractivity contribution >= 4 is 5.91 Å². The van der Waals surface area contributed by atoms with Crippen molar-refractivity contribution in [3.8, 4) is 0 Å². The zero-order valence-corrected chi connectivity index (χ0v) is 10.4. The van der Waals surface area contributed by atoms with Crippen LogP contribution >= 0.6 is 0 Å². The van der Waals surface area contributed by atoms with E-state index in [0.717, 1.165) is 32.5 Å². The summed E-state index contributed by atoms with van der Waals surface area (Å²) >= 11 is 0. The standard InChI is InChI=1S/C12H25N3O/c1-2-8-14-12(16)10-15-9-4-3-5-11(15)6-7-13/h11H,2-10,13H2,1H3,(H,14,16). The summed E-state index contributed by atoms with van der Waals surface area (Å²) in [6.45, 7) is 5.17. The van der Waals surface area contributed by atoms with Gasteiger partial charge < -0.3 is 11.1 Å². The molecule has 0 aromatic rings. The predicted octanol–water partition coefficient (Wildman–Crippen LogP) is 0.716. The quantitative estimate of drug-likeness (QED) is 0.703. The van der Waals surface area contributed by atoms with E-state index in [1.165, 1.54) is 19.3 Å². The van der Waals surface area contributed by atoms with Gasteiger partial charge in [0.25, 0.3) is 0 Å². The summed E-state index contributed by atoms with van der Waals surface area (Å²) in [5.41, 5.74) is 5.61. The van der Waals surface area contributed by atoms with Crippen LogP contribution in [0.2, 0.25) is 0 Å². The first-order valence-electron chi connectivity index (χ1n) is 6.48. The van der Waals surface area contributed by atoms with Crippen molar-refractivity contribution in [3.63, 3.8) is 0 Å². The molecule has 4 heteroatoms. The number of rotatable bonds is 6. The van der Waals surface area contributed by atoms with Gasteiger partial charge >= 0.3 is 0 Å². The molecule has 4 nitrogen and oxygen atoms in total. The van der Waals surface area contributed by atoms with Gasteiger partial charge in [0.05, 0.1) is 6.54 Å². The molecule has 1 heterocycles. The molecule has 1 unspecified atom stereocenters. The van der Waals surface area contributed by atoms with Crippen molar-refractivity contribution < 1.29 is 4.79 Å². The molecular weight excluding hydrogens is 202 g/mol. The molecule has 1 amide bonds. The lowest BCUT2D eigenvalue weighted by Gasteiger charge is -2.35. The van der Waals surface area contributed by atoms with Crippen molar-refractivity contribution in [2.45, 2.75) is 45.1 Å². The Balaban J connectivity index is 2.33. The highest BCUT2D eigenvalue weighted by Crippen LogP contribution is 2.18. The van der Waals surface area contributed by atoms with Gasteiger partial charge in [-0.3, -0.25) is 9.69 Å². The topological polar surface area (TPSA) is 58.4 Å². The van der Waals surface area contributed by atoms with Crippen LogP contribution in [0, 0.1) is 0 Å². The van der Waals surface area contributed by atoms with E-state index in [2.05, 4.69) is 17.1 Å². The molecular formula is C12H25N3O. The number of nitrogens with two attached hydrogens (primary N) is 1. The maximum Gasteiger partial charge on any atom is 0.234 e. The molecule has 1 fully saturated rings. The number of amides is 1. The smallest absolute Gasteiger partial charge is 0.234 e. The molecule has 0 aromatic carbocycles. The number of hydrogen-bond acceptors (Lipinski definition) is 3. The van der Waals surface area contributed by atoms with E-state index in [0.29, 0.717) is 12.6 Å². The van der Waals surface area contributed by atoms with E-state index in [4.69, 9.17) is 5.73 Å². The second kappa shape index (κ2) is 7.63. The lowest BCUT2D eigenvalue weighted by molar-refractivity contribution is -0.123. The molecule has 1 aliphatic rings. The minimum absolute atomic E-state index is 0.158. The Labute approximate surface area is 98.6 Å². The van der Waals surface area contributed by atoms with Gasteiger partial charge in [-0.05, 0) is 38.8 Å². The zero-order chi connectivity index (χ0) is 11.8. The molecule has 1 saturated heterocycles. The van der Waals surface area contributed by atoms with Crippen LogP contribution in [0.3, 0.4) is 0 Å². The lowest BCUT2D eigenvalue weighted by Crippen LogP contribution is -2.46. The van der Waals surface area contributed by atoms with Gasteiger partial charge in [0.1, 0.15) is 0 Å². The molecule has 0 aliphatic carbocycles. The Morgan fingerprint density at radius 2 is 2.31 bits per heavy atom. The fourth-order valence-electron chi connectivity index (χ4n) is 2.29. The molecule has 3 N–H and O–H groups in total. The first kappa shape index (κ1) is 13.5. The van der Waals surface area contributed by atoms with Crippen LogP contribution in [0.15, 0.2) is 0 Å². The number of nitrogens with zero attached hydrogens (tertiary/aromatic N) is 1. The second-order valence-corrected chi connectivity index (χ2v) is 4.55. The summed E-state index contributed by atoms with van der Waals surface area (Å²) in [5, 5.41) is 2.93. The van der Waals surface area contributed by atoms with Crippen molar-refractivity contribution in [2.75, 3.05) is 26.2 Å². The van der Waals surface area contributed by atoms with Crippen molar-refractivity contribution in [1.29, 1.82) is 0 Å². The molecule has 0 aromatic heterocycles. The maximum atomic E-state index is 11.6. The average Bonchev–Trinajstić information content (AvgIpc) is 2.29. The van der Waals surface area contributed by atoms with E-state index in [1.807, 2.05) is 0 Å². The third-order valence-corrected chi connectivity index (χ3v) is 3.17. The van der Waals surface area contributed by atoms with Gasteiger partial charge in [0.2, 0.25) is 5.91 Å². The number of nitrogens with one attached hydrogen (secondary N) is 1. The number of carbonyl (C=O) groups excluding carboxylic acids is 1. The molecule has 1 aliphatic heterocycles. The van der Waals surface area contributed by atoms with Gasteiger partial charge in [-0.2, -0.15) is 0 Å². The van der Waals surface area contributed by atoms with E-state index in [1.54, 1.807) is 0 Å². The number of likely N-dealkylation sites (tertiary alicyclic amines) is 1. The minimum Gasteiger partial charge on any atom is -0.355 e. The molecule has 16 heavy (non-hydrogen) atoms. The predicted molar refractivity (Wildman–Crippen MR) is 66.2 cm³/mol. The molecule has 1 rings (SSSR count). The number of carbonyl (C=O) groups is 1. The molecule has 0 saturated carbocycles. The zero-order valence-electron chi connectivity index (χ0n) is 10.4. The normalized spacial score (nSPS) is 22.0. The summed E-state index contributed by atoms with van der Waals surface area (Å²) in [4.78, 5) is 13.9. The maximum absolute atomic E-state index is 11.6. The van der Waals surface area contributed by atoms with Crippen molar-refractivity contribution in [2.24, 2.45) is 5.73 Å². The Hall–Kier alpha value is -0.610. The molecule has 0 radical (unpaired) electrons. The Kier molecular flexibility index (Phi) is 6.42. The Morgan fingerprint density at radius 1 is 1.50 bits per heavy atom. The first-order valence-corrected chi connectivity index (χ1v) is 6.48. The first-order chi connectivity index (χ1) is 7.77. The monoisotopic (exact) mass is 227 g/mol. The summed E-state index contributed by atoms with van der Waals surface area (Å²) in [6, 6.07) is 0.520. The van der Waals surface area contributed by atoms with E-state index >= 15 is 0 Å². The van der Waals surface area contributed by atoms with E-state index < -0.39 is 0 Å². The third kappa shape index (κ3) is 4.49. The lowest BCUT2D eigenvalue weighted by atomic mass is 9.99. The second-order valence-electron chi connectivity index (χ2n) is 4.55. The van der Waals surface area contributed by atoms with Crippen molar-refractivity contribution in [1.82, 2.24) is 10.2 Å². The Bertz CT molecular complexity index is 206. The fourth-order valence-corrected chi connectivity index (χ4v) is 2.29. The summed E-state index contributed by atoms with van der Waals surface area (Å²) in [5.74, 6) is 0.158. The van der Waals surface area contributed by atoms with Crippen molar-refractivity contribution in [3.05, 3.63) is 0 Å². The molecule has 0 bridgehead atoms. The average molecular weight is 227 g/mol. The highest BCUT2D eigenvalue weighted by atomic mass is 16.2. The number of piperidine rings is 1. The van der Waals surface area contributed by atoms with Gasteiger partial charge in [0, 0.05) is 12.6 Å². The highest BCUT2D eigenvalue weighted by Gasteiger charge is 2.23. The van der Waals surface area contributed by atoms with Crippen LogP contribution in [0.4, 0.5) is 0 Å². The molecule has 0 spiro atoms. The summed E-state index contributed by atoms with van der Waals surface area (Å²) < 4.78 is 0. The van der Waals surface area contributed by atoms with Gasteiger partial charge in [0.15, 0.2) is 0 Å². The van der Waals surface area contributed by atoms with Gasteiger partial charge in [-0.1, -0.05) is 13.3 Å². The summed E-state index contributed by atoms with van der Waals surface area (Å²) in [6.07, 6.45) is 5.69. The third-order valence-electron chi connectivity index (χ3n) is 3.17. The number of hydrogen-bond donors (Lipinski definition) is 2. The van der Waals surface area contributed by atoms with Gasteiger partial charge in [-0.15, -0.1) is 0 Å². The van der Waals surface area contributed by atoms with Crippen LogP contribution in [-0.4, -0.2) is 43.0 Å². The Morgan fingerprint density at radius 3 is 3.00 bits per heavy atom. The minimum atomic E-state index is 0.158. The van der Waals surface area contributed by atoms with E-state index in [9.17, 15) is 4.79 Å². The van der Waals surface area contributed by atoms with E-state index in [-0.39, 0.29) is 5.91 Å². The van der Waals surface area contributed by atoms with Crippen LogP contribution in [-0.2, 0) is 4.79 Å². The SMILES string of the molecule is CCCNC(=O)CN1CCCCC1CCN. The van der Waals surface area contributed by atoms with Crippen LogP contribution in [0.25, 0.3) is 0 Å². The van der Waals surface area contributed by atoms with Crippen LogP contribution in [0.5, 0.6) is 0 Å². The van der Waals surface area contributed by atoms with Crippen LogP contribution in [0.1, 0.15) is 39.0 Å². The summed E-state index contributed by atoms with van der Waals surface area (Å²) in [7, 11) is 0. The highest BCUT2D eigenvalue weighted by molar-refractivity contribution is 5.78. The van der Waals surface area contributed by atoms with Gasteiger partial charge in [-0.25, -0.2) is 0 Å². The molecule has 1 atom stereocenters.